The lowest BCUT2D eigenvalue weighted by Crippen LogP contribution is -2.45. The number of hydrogen-bond acceptors (Lipinski definition) is 2. The number of nitrogens with one attached hydrogen (secondary N) is 2. The van der Waals surface area contributed by atoms with Gasteiger partial charge < -0.3 is 15.7 Å². The summed E-state index contributed by atoms with van der Waals surface area (Å²) in [6.07, 6.45) is 0. The minimum Gasteiger partial charge on any atom is -0.383 e. The van der Waals surface area contributed by atoms with Crippen LogP contribution in [-0.2, 0) is 5.60 Å². The van der Waals surface area contributed by atoms with E-state index >= 15 is 0 Å². The number of aliphatic hydroxyl groups is 1. The molecule has 19 heavy (non-hydrogen) atoms. The summed E-state index contributed by atoms with van der Waals surface area (Å²) in [5.41, 5.74) is -1.69. The summed E-state index contributed by atoms with van der Waals surface area (Å²) in [7, 11) is 0. The number of carbonyl (C=O) groups is 1. The van der Waals surface area contributed by atoms with Crippen molar-refractivity contribution in [2.45, 2.75) is 32.4 Å². The van der Waals surface area contributed by atoms with Gasteiger partial charge in [-0.25, -0.2) is 13.6 Å². The number of hydrogen-bond donors (Lipinski definition) is 3. The van der Waals surface area contributed by atoms with Gasteiger partial charge in [-0.3, -0.25) is 0 Å². The Morgan fingerprint density at radius 1 is 1.42 bits per heavy atom. The first-order valence-electron chi connectivity index (χ1n) is 5.94. The van der Waals surface area contributed by atoms with E-state index in [1.54, 1.807) is 13.8 Å². The van der Waals surface area contributed by atoms with Crippen molar-refractivity contribution in [3.05, 3.63) is 35.4 Å². The minimum atomic E-state index is -1.62. The summed E-state index contributed by atoms with van der Waals surface area (Å²) >= 11 is 0. The van der Waals surface area contributed by atoms with Gasteiger partial charge in [0, 0.05) is 17.7 Å². The second-order valence-electron chi connectivity index (χ2n) is 4.88. The Balaban J connectivity index is 2.72. The van der Waals surface area contributed by atoms with Crippen molar-refractivity contribution in [2.24, 2.45) is 0 Å². The van der Waals surface area contributed by atoms with E-state index in [1.165, 1.54) is 6.92 Å². The fraction of sp³-hybridized carbons (Fsp3) is 0.462. The molecule has 1 rings (SSSR count). The van der Waals surface area contributed by atoms with Crippen LogP contribution in [-0.4, -0.2) is 23.7 Å². The van der Waals surface area contributed by atoms with Crippen LogP contribution in [0.3, 0.4) is 0 Å². The van der Waals surface area contributed by atoms with Gasteiger partial charge in [-0.05, 0) is 26.8 Å². The molecule has 6 heteroatoms. The second-order valence-corrected chi connectivity index (χ2v) is 4.88. The van der Waals surface area contributed by atoms with Gasteiger partial charge in [0.15, 0.2) is 0 Å². The van der Waals surface area contributed by atoms with Crippen LogP contribution >= 0.6 is 0 Å². The SMILES string of the molecule is CC(C)NC(=O)NCC(C)(O)c1ccc(F)cc1F. The van der Waals surface area contributed by atoms with E-state index in [2.05, 4.69) is 10.6 Å². The van der Waals surface area contributed by atoms with E-state index in [0.717, 1.165) is 12.1 Å². The second kappa shape index (κ2) is 5.97. The van der Waals surface area contributed by atoms with Gasteiger partial charge >= 0.3 is 6.03 Å². The number of benzene rings is 1. The number of amides is 2. The number of urea groups is 1. The van der Waals surface area contributed by atoms with E-state index in [4.69, 9.17) is 0 Å². The van der Waals surface area contributed by atoms with Crippen molar-refractivity contribution in [2.75, 3.05) is 6.54 Å². The summed E-state index contributed by atoms with van der Waals surface area (Å²) in [4.78, 5) is 11.4. The smallest absolute Gasteiger partial charge is 0.315 e. The van der Waals surface area contributed by atoms with Crippen LogP contribution in [0, 0.1) is 11.6 Å². The Bertz CT molecular complexity index is 462. The van der Waals surface area contributed by atoms with Gasteiger partial charge in [-0.2, -0.15) is 0 Å². The van der Waals surface area contributed by atoms with Crippen LogP contribution in [0.25, 0.3) is 0 Å². The van der Waals surface area contributed by atoms with Gasteiger partial charge in [0.1, 0.15) is 17.2 Å². The molecule has 1 aromatic carbocycles. The van der Waals surface area contributed by atoms with Gasteiger partial charge in [0.05, 0.1) is 6.54 Å². The third-order valence-electron chi connectivity index (χ3n) is 2.52. The molecule has 0 saturated heterocycles. The maximum absolute atomic E-state index is 13.6. The van der Waals surface area contributed by atoms with Crippen LogP contribution in [0.2, 0.25) is 0 Å². The van der Waals surface area contributed by atoms with E-state index in [1.807, 2.05) is 0 Å². The van der Waals surface area contributed by atoms with Crippen LogP contribution in [0.1, 0.15) is 26.3 Å². The zero-order valence-electron chi connectivity index (χ0n) is 11.1. The fourth-order valence-corrected chi connectivity index (χ4v) is 1.59. The summed E-state index contributed by atoms with van der Waals surface area (Å²) in [6, 6.07) is 2.40. The molecule has 1 aromatic rings. The lowest BCUT2D eigenvalue weighted by molar-refractivity contribution is 0.0554. The first-order chi connectivity index (χ1) is 8.72. The number of halogens is 2. The van der Waals surface area contributed by atoms with E-state index < -0.39 is 23.3 Å². The lowest BCUT2D eigenvalue weighted by Gasteiger charge is -2.25. The Morgan fingerprint density at radius 3 is 2.58 bits per heavy atom. The Kier molecular flexibility index (Phi) is 4.83. The van der Waals surface area contributed by atoms with Crippen molar-refractivity contribution >= 4 is 6.03 Å². The molecule has 1 unspecified atom stereocenters. The van der Waals surface area contributed by atoms with Crippen LogP contribution < -0.4 is 10.6 Å². The normalized spacial score (nSPS) is 14.1. The average molecular weight is 272 g/mol. The molecule has 0 aliphatic heterocycles. The summed E-state index contributed by atoms with van der Waals surface area (Å²) in [6.45, 7) is 4.74. The maximum atomic E-state index is 13.6. The van der Waals surface area contributed by atoms with Crippen LogP contribution in [0.4, 0.5) is 13.6 Å². The molecule has 3 N–H and O–H groups in total. The molecule has 0 aliphatic carbocycles. The average Bonchev–Trinajstić information content (AvgIpc) is 2.25. The Labute approximate surface area is 110 Å². The van der Waals surface area contributed by atoms with Crippen molar-refractivity contribution < 1.29 is 18.7 Å². The molecule has 4 nitrogen and oxygen atoms in total. The Hall–Kier alpha value is -1.69. The predicted octanol–water partition coefficient (Wildman–Crippen LogP) is 1.88. The van der Waals surface area contributed by atoms with E-state index in [9.17, 15) is 18.7 Å². The van der Waals surface area contributed by atoms with Crippen molar-refractivity contribution in [3.63, 3.8) is 0 Å². The molecule has 0 bridgehead atoms. The van der Waals surface area contributed by atoms with Crippen molar-refractivity contribution in [1.82, 2.24) is 10.6 Å². The maximum Gasteiger partial charge on any atom is 0.315 e. The molecule has 0 aromatic heterocycles. The van der Waals surface area contributed by atoms with Crippen molar-refractivity contribution in [3.8, 4) is 0 Å². The zero-order valence-corrected chi connectivity index (χ0v) is 11.1. The zero-order chi connectivity index (χ0) is 14.6. The predicted molar refractivity (Wildman–Crippen MR) is 67.6 cm³/mol. The molecular formula is C13H18F2N2O2. The largest absolute Gasteiger partial charge is 0.383 e. The third-order valence-corrected chi connectivity index (χ3v) is 2.52. The highest BCUT2D eigenvalue weighted by Crippen LogP contribution is 2.23. The first-order valence-corrected chi connectivity index (χ1v) is 5.94. The van der Waals surface area contributed by atoms with E-state index in [0.29, 0.717) is 6.07 Å². The topological polar surface area (TPSA) is 61.4 Å². The van der Waals surface area contributed by atoms with Crippen LogP contribution in [0.5, 0.6) is 0 Å². The lowest BCUT2D eigenvalue weighted by atomic mass is 9.95. The molecule has 0 fully saturated rings. The quantitative estimate of drug-likeness (QED) is 0.783. The van der Waals surface area contributed by atoms with Gasteiger partial charge in [-0.1, -0.05) is 6.07 Å². The standard InChI is InChI=1S/C13H18F2N2O2/c1-8(2)17-12(18)16-7-13(3,19)10-5-4-9(14)6-11(10)15/h4-6,8,19H,7H2,1-3H3,(H2,16,17,18). The van der Waals surface area contributed by atoms with Gasteiger partial charge in [0.2, 0.25) is 0 Å². The Morgan fingerprint density at radius 2 is 2.05 bits per heavy atom. The molecule has 0 radical (unpaired) electrons. The van der Waals surface area contributed by atoms with Crippen molar-refractivity contribution in [1.29, 1.82) is 0 Å². The molecular weight excluding hydrogens is 254 g/mol. The molecule has 0 heterocycles. The molecule has 2 amide bonds. The summed E-state index contributed by atoms with van der Waals surface area (Å²) < 4.78 is 26.3. The highest BCUT2D eigenvalue weighted by Gasteiger charge is 2.27. The minimum absolute atomic E-state index is 0.0486. The highest BCUT2D eigenvalue weighted by atomic mass is 19.1. The molecule has 0 spiro atoms. The first kappa shape index (κ1) is 15.4. The third kappa shape index (κ3) is 4.48. The summed E-state index contributed by atoms with van der Waals surface area (Å²) in [5, 5.41) is 15.1. The summed E-state index contributed by atoms with van der Waals surface area (Å²) in [5.74, 6) is -1.57. The number of carbonyl (C=O) groups excluding carboxylic acids is 1. The molecule has 106 valence electrons. The molecule has 1 atom stereocenters. The molecule has 0 aliphatic rings. The van der Waals surface area contributed by atoms with Gasteiger partial charge in [-0.15, -0.1) is 0 Å². The van der Waals surface area contributed by atoms with E-state index in [-0.39, 0.29) is 18.2 Å². The fourth-order valence-electron chi connectivity index (χ4n) is 1.59. The van der Waals surface area contributed by atoms with Gasteiger partial charge in [0.25, 0.3) is 0 Å². The molecule has 0 saturated carbocycles. The monoisotopic (exact) mass is 272 g/mol. The van der Waals surface area contributed by atoms with Crippen LogP contribution in [0.15, 0.2) is 18.2 Å². The highest BCUT2D eigenvalue weighted by molar-refractivity contribution is 5.74. The number of rotatable bonds is 4.